The molecule has 1 amide bonds. The minimum atomic E-state index is -0.0199. The van der Waals surface area contributed by atoms with E-state index in [2.05, 4.69) is 25.3 Å². The van der Waals surface area contributed by atoms with Gasteiger partial charge in [-0.3, -0.25) is 9.89 Å². The highest BCUT2D eigenvalue weighted by Gasteiger charge is 2.24. The number of nitrogens with one attached hydrogen (secondary N) is 1. The van der Waals surface area contributed by atoms with E-state index in [4.69, 9.17) is 0 Å². The van der Waals surface area contributed by atoms with Crippen LogP contribution in [0.3, 0.4) is 0 Å². The molecule has 1 aromatic carbocycles. The third kappa shape index (κ3) is 3.21. The second kappa shape index (κ2) is 6.72. The van der Waals surface area contributed by atoms with Crippen LogP contribution < -0.4 is 4.90 Å². The van der Waals surface area contributed by atoms with Gasteiger partial charge in [0.1, 0.15) is 5.69 Å². The Kier molecular flexibility index (Phi) is 4.12. The topological polar surface area (TPSA) is 78.0 Å². The van der Waals surface area contributed by atoms with Crippen molar-refractivity contribution in [3.8, 4) is 11.3 Å². The minimum absolute atomic E-state index is 0.0199. The number of anilines is 1. The van der Waals surface area contributed by atoms with Gasteiger partial charge < -0.3 is 9.80 Å². The highest BCUT2D eigenvalue weighted by molar-refractivity contribution is 5.93. The quantitative estimate of drug-likeness (QED) is 0.791. The second-order valence-corrected chi connectivity index (χ2v) is 5.89. The van der Waals surface area contributed by atoms with E-state index in [-0.39, 0.29) is 5.91 Å². The van der Waals surface area contributed by atoms with Gasteiger partial charge >= 0.3 is 0 Å². The lowest BCUT2D eigenvalue weighted by Crippen LogP contribution is -2.49. The van der Waals surface area contributed by atoms with Crippen molar-refractivity contribution in [1.29, 1.82) is 0 Å². The fraction of sp³-hybridized carbons (Fsp3) is 0.222. The summed E-state index contributed by atoms with van der Waals surface area (Å²) in [4.78, 5) is 16.7. The van der Waals surface area contributed by atoms with Crippen LogP contribution in [0, 0.1) is 0 Å². The van der Waals surface area contributed by atoms with E-state index >= 15 is 0 Å². The lowest BCUT2D eigenvalue weighted by atomic mass is 10.1. The first-order valence-corrected chi connectivity index (χ1v) is 8.24. The molecule has 0 bridgehead atoms. The molecule has 0 spiro atoms. The molecule has 1 aliphatic rings. The zero-order valence-electron chi connectivity index (χ0n) is 13.7. The Morgan fingerprint density at radius 1 is 1.00 bits per heavy atom. The summed E-state index contributed by atoms with van der Waals surface area (Å²) in [6.45, 7) is 2.78. The van der Waals surface area contributed by atoms with E-state index in [9.17, 15) is 4.79 Å². The van der Waals surface area contributed by atoms with Gasteiger partial charge in [0, 0.05) is 37.9 Å². The molecule has 1 N–H and O–H groups in total. The Labute approximate surface area is 145 Å². The molecule has 3 aromatic rings. The molecular weight excluding hydrogens is 316 g/mol. The number of nitrogens with zero attached hydrogens (tertiary/aromatic N) is 5. The lowest BCUT2D eigenvalue weighted by Gasteiger charge is -2.34. The van der Waals surface area contributed by atoms with Crippen molar-refractivity contribution >= 4 is 11.7 Å². The van der Waals surface area contributed by atoms with Crippen molar-refractivity contribution < 1.29 is 4.79 Å². The molecular formula is C18H18N6O. The van der Waals surface area contributed by atoms with Gasteiger partial charge in [-0.05, 0) is 18.2 Å². The van der Waals surface area contributed by atoms with Crippen molar-refractivity contribution in [1.82, 2.24) is 25.3 Å². The SMILES string of the molecule is O=C(c1cc(-c2ccccc2)n[nH]1)N1CCN(c2cccnn2)CC1. The first-order valence-electron chi connectivity index (χ1n) is 8.24. The number of piperazine rings is 1. The Balaban J connectivity index is 1.42. The molecule has 7 heteroatoms. The van der Waals surface area contributed by atoms with E-state index in [0.29, 0.717) is 18.8 Å². The first-order chi connectivity index (χ1) is 12.3. The fourth-order valence-corrected chi connectivity index (χ4v) is 2.96. The zero-order chi connectivity index (χ0) is 17.1. The Morgan fingerprint density at radius 2 is 1.80 bits per heavy atom. The van der Waals surface area contributed by atoms with E-state index in [0.717, 1.165) is 30.2 Å². The van der Waals surface area contributed by atoms with Crippen LogP contribution in [0.5, 0.6) is 0 Å². The second-order valence-electron chi connectivity index (χ2n) is 5.89. The Hall–Kier alpha value is -3.22. The molecule has 4 rings (SSSR count). The van der Waals surface area contributed by atoms with Crippen molar-refractivity contribution in [2.45, 2.75) is 0 Å². The van der Waals surface area contributed by atoms with E-state index in [1.165, 1.54) is 0 Å². The minimum Gasteiger partial charge on any atom is -0.352 e. The predicted octanol–water partition coefficient (Wildman–Crippen LogP) is 1.83. The summed E-state index contributed by atoms with van der Waals surface area (Å²) in [6, 6.07) is 15.4. The molecule has 126 valence electrons. The van der Waals surface area contributed by atoms with E-state index < -0.39 is 0 Å². The van der Waals surface area contributed by atoms with Crippen LogP contribution in [-0.2, 0) is 0 Å². The number of aromatic nitrogens is 4. The van der Waals surface area contributed by atoms with Crippen molar-refractivity contribution in [3.63, 3.8) is 0 Å². The summed E-state index contributed by atoms with van der Waals surface area (Å²) in [5, 5.41) is 15.2. The molecule has 1 fully saturated rings. The number of aromatic amines is 1. The van der Waals surface area contributed by atoms with Gasteiger partial charge in [0.15, 0.2) is 5.82 Å². The summed E-state index contributed by atoms with van der Waals surface area (Å²) in [5.41, 5.74) is 2.29. The van der Waals surface area contributed by atoms with Crippen LogP contribution in [0.15, 0.2) is 54.7 Å². The van der Waals surface area contributed by atoms with Gasteiger partial charge in [-0.1, -0.05) is 30.3 Å². The average molecular weight is 334 g/mol. The third-order valence-electron chi connectivity index (χ3n) is 4.33. The highest BCUT2D eigenvalue weighted by Crippen LogP contribution is 2.19. The van der Waals surface area contributed by atoms with Gasteiger partial charge in [0.2, 0.25) is 0 Å². The molecule has 25 heavy (non-hydrogen) atoms. The smallest absolute Gasteiger partial charge is 0.272 e. The first kappa shape index (κ1) is 15.3. The van der Waals surface area contributed by atoms with Crippen LogP contribution in [-0.4, -0.2) is 57.4 Å². The molecule has 3 heterocycles. The third-order valence-corrected chi connectivity index (χ3v) is 4.33. The molecule has 2 aromatic heterocycles. The van der Waals surface area contributed by atoms with Crippen LogP contribution in [0.25, 0.3) is 11.3 Å². The number of H-pyrrole nitrogens is 1. The number of benzene rings is 1. The van der Waals surface area contributed by atoms with Gasteiger partial charge in [0.25, 0.3) is 5.91 Å². The summed E-state index contributed by atoms with van der Waals surface area (Å²) in [5.74, 6) is 0.830. The molecule has 0 radical (unpaired) electrons. The normalized spacial score (nSPS) is 14.6. The summed E-state index contributed by atoms with van der Waals surface area (Å²) in [7, 11) is 0. The summed E-state index contributed by atoms with van der Waals surface area (Å²) >= 11 is 0. The van der Waals surface area contributed by atoms with Crippen molar-refractivity contribution in [2.24, 2.45) is 0 Å². The number of amides is 1. The van der Waals surface area contributed by atoms with Crippen LogP contribution in [0.2, 0.25) is 0 Å². The maximum Gasteiger partial charge on any atom is 0.272 e. The molecule has 1 saturated heterocycles. The Bertz CT molecular complexity index is 840. The van der Waals surface area contributed by atoms with Gasteiger partial charge in [-0.25, -0.2) is 0 Å². The molecule has 0 aliphatic carbocycles. The number of hydrogen-bond acceptors (Lipinski definition) is 5. The van der Waals surface area contributed by atoms with Gasteiger partial charge in [-0.15, -0.1) is 5.10 Å². The molecule has 7 nitrogen and oxygen atoms in total. The summed E-state index contributed by atoms with van der Waals surface area (Å²) in [6.07, 6.45) is 1.66. The van der Waals surface area contributed by atoms with E-state index in [1.54, 1.807) is 6.20 Å². The number of hydrogen-bond donors (Lipinski definition) is 1. The number of carbonyl (C=O) groups is 1. The number of carbonyl (C=O) groups excluding carboxylic acids is 1. The molecule has 1 aliphatic heterocycles. The van der Waals surface area contributed by atoms with Crippen molar-refractivity contribution in [2.75, 3.05) is 31.1 Å². The predicted molar refractivity (Wildman–Crippen MR) is 94.2 cm³/mol. The average Bonchev–Trinajstić information content (AvgIpc) is 3.19. The highest BCUT2D eigenvalue weighted by atomic mass is 16.2. The van der Waals surface area contributed by atoms with Crippen LogP contribution in [0.1, 0.15) is 10.5 Å². The largest absolute Gasteiger partial charge is 0.352 e. The maximum atomic E-state index is 12.7. The maximum absolute atomic E-state index is 12.7. The van der Waals surface area contributed by atoms with Gasteiger partial charge in [-0.2, -0.15) is 10.2 Å². The van der Waals surface area contributed by atoms with Crippen molar-refractivity contribution in [3.05, 3.63) is 60.4 Å². The monoisotopic (exact) mass is 334 g/mol. The molecule has 0 atom stereocenters. The van der Waals surface area contributed by atoms with E-state index in [1.807, 2.05) is 53.4 Å². The summed E-state index contributed by atoms with van der Waals surface area (Å²) < 4.78 is 0. The van der Waals surface area contributed by atoms with Gasteiger partial charge in [0.05, 0.1) is 5.69 Å². The lowest BCUT2D eigenvalue weighted by molar-refractivity contribution is 0.0740. The zero-order valence-corrected chi connectivity index (χ0v) is 13.7. The van der Waals surface area contributed by atoms with Crippen LogP contribution in [0.4, 0.5) is 5.82 Å². The molecule has 0 saturated carbocycles. The van der Waals surface area contributed by atoms with Crippen LogP contribution >= 0.6 is 0 Å². The fourth-order valence-electron chi connectivity index (χ4n) is 2.96. The Morgan fingerprint density at radius 3 is 2.52 bits per heavy atom. The molecule has 0 unspecified atom stereocenters. The standard InChI is InChI=1S/C18H18N6O/c25-18(16-13-15(20-21-16)14-5-2-1-3-6-14)24-11-9-23(10-12-24)17-7-4-8-19-22-17/h1-8,13H,9-12H2,(H,20,21). The number of rotatable bonds is 3.